The first kappa shape index (κ1) is 15.8. The summed E-state index contributed by atoms with van der Waals surface area (Å²) in [4.78, 5) is 14.8. The Kier molecular flexibility index (Phi) is 5.85. The number of carbonyl (C=O) groups excluding carboxylic acids is 1. The first-order chi connectivity index (χ1) is 9.60. The molecule has 2 atom stereocenters. The van der Waals surface area contributed by atoms with Gasteiger partial charge < -0.3 is 16.0 Å². The van der Waals surface area contributed by atoms with E-state index in [1.165, 1.54) is 45.2 Å². The summed E-state index contributed by atoms with van der Waals surface area (Å²) in [6.07, 6.45) is 9.27. The normalized spacial score (nSPS) is 32.6. The van der Waals surface area contributed by atoms with Crippen molar-refractivity contribution in [2.75, 3.05) is 26.2 Å². The van der Waals surface area contributed by atoms with Crippen LogP contribution in [0.4, 0.5) is 0 Å². The van der Waals surface area contributed by atoms with Gasteiger partial charge in [0.1, 0.15) is 0 Å². The van der Waals surface area contributed by atoms with E-state index < -0.39 is 5.54 Å². The van der Waals surface area contributed by atoms with E-state index in [1.807, 2.05) is 0 Å². The lowest BCUT2D eigenvalue weighted by molar-refractivity contribution is -0.128. The van der Waals surface area contributed by atoms with E-state index >= 15 is 0 Å². The highest BCUT2D eigenvalue weighted by molar-refractivity contribution is 5.86. The number of likely N-dealkylation sites (tertiary alicyclic amines) is 1. The Morgan fingerprint density at radius 3 is 2.60 bits per heavy atom. The smallest absolute Gasteiger partial charge is 0.240 e. The van der Waals surface area contributed by atoms with Crippen molar-refractivity contribution in [1.29, 1.82) is 0 Å². The topological polar surface area (TPSA) is 58.4 Å². The quantitative estimate of drug-likeness (QED) is 0.827. The maximum absolute atomic E-state index is 12.3. The second-order valence-electron chi connectivity index (χ2n) is 6.87. The average Bonchev–Trinajstić information content (AvgIpc) is 2.67. The van der Waals surface area contributed by atoms with Crippen LogP contribution in [0.15, 0.2) is 0 Å². The van der Waals surface area contributed by atoms with E-state index in [-0.39, 0.29) is 5.91 Å². The zero-order valence-electron chi connectivity index (χ0n) is 13.0. The van der Waals surface area contributed by atoms with Crippen LogP contribution in [-0.4, -0.2) is 42.5 Å². The molecule has 1 aliphatic heterocycles. The van der Waals surface area contributed by atoms with Gasteiger partial charge in [-0.25, -0.2) is 0 Å². The standard InChI is InChI=1S/C16H31N3O/c1-14-7-6-8-16(17,13-14)15(20)18-9-12-19-10-4-2-3-5-11-19/h14H,2-13,17H2,1H3,(H,18,20). The molecule has 0 spiro atoms. The van der Waals surface area contributed by atoms with Crippen LogP contribution in [0.1, 0.15) is 58.3 Å². The van der Waals surface area contributed by atoms with Gasteiger partial charge in [0.15, 0.2) is 0 Å². The Morgan fingerprint density at radius 1 is 1.25 bits per heavy atom. The van der Waals surface area contributed by atoms with Crippen LogP contribution >= 0.6 is 0 Å². The largest absolute Gasteiger partial charge is 0.353 e. The minimum absolute atomic E-state index is 0.0684. The van der Waals surface area contributed by atoms with Gasteiger partial charge >= 0.3 is 0 Å². The molecule has 2 unspecified atom stereocenters. The number of amides is 1. The fourth-order valence-corrected chi connectivity index (χ4v) is 3.66. The molecular formula is C16H31N3O. The van der Waals surface area contributed by atoms with Crippen molar-refractivity contribution < 1.29 is 4.79 Å². The van der Waals surface area contributed by atoms with Gasteiger partial charge in [-0.2, -0.15) is 0 Å². The van der Waals surface area contributed by atoms with Crippen molar-refractivity contribution in [3.05, 3.63) is 0 Å². The lowest BCUT2D eigenvalue weighted by atomic mass is 9.76. The third-order valence-corrected chi connectivity index (χ3v) is 4.90. The molecule has 1 heterocycles. The van der Waals surface area contributed by atoms with Crippen molar-refractivity contribution in [3.8, 4) is 0 Å². The Morgan fingerprint density at radius 2 is 1.95 bits per heavy atom. The SMILES string of the molecule is CC1CCCC(N)(C(=O)NCCN2CCCCCC2)C1. The molecule has 4 heteroatoms. The van der Waals surface area contributed by atoms with Crippen LogP contribution in [0.25, 0.3) is 0 Å². The molecule has 3 N–H and O–H groups in total. The van der Waals surface area contributed by atoms with Gasteiger partial charge in [-0.1, -0.05) is 32.6 Å². The highest BCUT2D eigenvalue weighted by atomic mass is 16.2. The zero-order valence-corrected chi connectivity index (χ0v) is 13.0. The van der Waals surface area contributed by atoms with Gasteiger partial charge in [-0.05, 0) is 44.7 Å². The van der Waals surface area contributed by atoms with Gasteiger partial charge in [-0.3, -0.25) is 4.79 Å². The maximum atomic E-state index is 12.3. The molecule has 20 heavy (non-hydrogen) atoms. The molecule has 0 aromatic rings. The zero-order chi connectivity index (χ0) is 14.4. The number of nitrogens with one attached hydrogen (secondary N) is 1. The predicted molar refractivity (Wildman–Crippen MR) is 82.5 cm³/mol. The fraction of sp³-hybridized carbons (Fsp3) is 0.938. The van der Waals surface area contributed by atoms with Crippen molar-refractivity contribution in [1.82, 2.24) is 10.2 Å². The maximum Gasteiger partial charge on any atom is 0.240 e. The van der Waals surface area contributed by atoms with E-state index in [4.69, 9.17) is 5.73 Å². The fourth-order valence-electron chi connectivity index (χ4n) is 3.66. The number of hydrogen-bond donors (Lipinski definition) is 2. The summed E-state index contributed by atoms with van der Waals surface area (Å²) < 4.78 is 0. The van der Waals surface area contributed by atoms with Crippen LogP contribution in [0, 0.1) is 5.92 Å². The molecular weight excluding hydrogens is 250 g/mol. The molecule has 1 aliphatic carbocycles. The van der Waals surface area contributed by atoms with Crippen LogP contribution in [0.5, 0.6) is 0 Å². The van der Waals surface area contributed by atoms with Crippen LogP contribution in [-0.2, 0) is 4.79 Å². The molecule has 0 bridgehead atoms. The molecule has 1 saturated carbocycles. The first-order valence-electron chi connectivity index (χ1n) is 8.40. The molecule has 1 amide bonds. The third-order valence-electron chi connectivity index (χ3n) is 4.90. The monoisotopic (exact) mass is 281 g/mol. The number of carbonyl (C=O) groups is 1. The summed E-state index contributed by atoms with van der Waals surface area (Å²) in [5.74, 6) is 0.643. The Labute approximate surface area is 123 Å². The predicted octanol–water partition coefficient (Wildman–Crippen LogP) is 1.89. The van der Waals surface area contributed by atoms with Crippen LogP contribution < -0.4 is 11.1 Å². The van der Waals surface area contributed by atoms with E-state index in [9.17, 15) is 4.79 Å². The molecule has 0 radical (unpaired) electrons. The van der Waals surface area contributed by atoms with E-state index in [0.717, 1.165) is 32.4 Å². The molecule has 2 aliphatic rings. The molecule has 116 valence electrons. The average molecular weight is 281 g/mol. The van der Waals surface area contributed by atoms with Gasteiger partial charge in [0, 0.05) is 13.1 Å². The summed E-state index contributed by atoms with van der Waals surface area (Å²) in [5, 5.41) is 3.08. The lowest BCUT2D eigenvalue weighted by Crippen LogP contribution is -2.57. The van der Waals surface area contributed by atoms with Gasteiger partial charge in [0.2, 0.25) is 5.91 Å². The minimum atomic E-state index is -0.615. The van der Waals surface area contributed by atoms with Crippen LogP contribution in [0.2, 0.25) is 0 Å². The second-order valence-corrected chi connectivity index (χ2v) is 6.87. The van der Waals surface area contributed by atoms with Gasteiger partial charge in [0.25, 0.3) is 0 Å². The molecule has 0 aromatic carbocycles. The molecule has 0 aromatic heterocycles. The Hall–Kier alpha value is -0.610. The molecule has 2 fully saturated rings. The number of rotatable bonds is 4. The summed E-state index contributed by atoms with van der Waals surface area (Å²) in [7, 11) is 0. The molecule has 4 nitrogen and oxygen atoms in total. The van der Waals surface area contributed by atoms with Crippen molar-refractivity contribution in [2.24, 2.45) is 11.7 Å². The van der Waals surface area contributed by atoms with Crippen LogP contribution in [0.3, 0.4) is 0 Å². The van der Waals surface area contributed by atoms with Crippen molar-refractivity contribution in [2.45, 2.75) is 63.8 Å². The Bertz CT molecular complexity index is 313. The number of nitrogens with zero attached hydrogens (tertiary/aromatic N) is 1. The molecule has 1 saturated heterocycles. The number of hydrogen-bond acceptors (Lipinski definition) is 3. The minimum Gasteiger partial charge on any atom is -0.353 e. The van der Waals surface area contributed by atoms with Gasteiger partial charge in [0.05, 0.1) is 5.54 Å². The summed E-state index contributed by atoms with van der Waals surface area (Å²) in [5.41, 5.74) is 5.70. The third kappa shape index (κ3) is 4.45. The van der Waals surface area contributed by atoms with Crippen molar-refractivity contribution in [3.63, 3.8) is 0 Å². The summed E-state index contributed by atoms with van der Waals surface area (Å²) in [6.45, 7) is 6.27. The summed E-state index contributed by atoms with van der Waals surface area (Å²) in [6, 6.07) is 0. The molecule has 2 rings (SSSR count). The Balaban J connectivity index is 1.71. The van der Waals surface area contributed by atoms with E-state index in [0.29, 0.717) is 5.92 Å². The van der Waals surface area contributed by atoms with E-state index in [2.05, 4.69) is 17.1 Å². The van der Waals surface area contributed by atoms with E-state index in [1.54, 1.807) is 0 Å². The lowest BCUT2D eigenvalue weighted by Gasteiger charge is -2.35. The van der Waals surface area contributed by atoms with Gasteiger partial charge in [-0.15, -0.1) is 0 Å². The highest BCUT2D eigenvalue weighted by Crippen LogP contribution is 2.30. The van der Waals surface area contributed by atoms with Crippen molar-refractivity contribution >= 4 is 5.91 Å². The second kappa shape index (κ2) is 7.41. The number of nitrogens with two attached hydrogens (primary N) is 1. The highest BCUT2D eigenvalue weighted by Gasteiger charge is 2.37. The first-order valence-corrected chi connectivity index (χ1v) is 8.40. The summed E-state index contributed by atoms with van der Waals surface area (Å²) >= 11 is 0.